The molecule has 1 aromatic rings. The summed E-state index contributed by atoms with van der Waals surface area (Å²) in [6.07, 6.45) is 0. The molecule has 0 aliphatic rings. The Bertz CT molecular complexity index is 342. The number of carbonyl (C=O) groups excluding carboxylic acids is 1. The highest BCUT2D eigenvalue weighted by Gasteiger charge is 2.05. The lowest BCUT2D eigenvalue weighted by Gasteiger charge is -2.17. The van der Waals surface area contributed by atoms with Crippen LogP contribution in [0.5, 0.6) is 0 Å². The summed E-state index contributed by atoms with van der Waals surface area (Å²) in [6.45, 7) is 9.96. The smallest absolute Gasteiger partial charge is 0.251 e. The van der Waals surface area contributed by atoms with Crippen molar-refractivity contribution in [1.82, 2.24) is 10.2 Å². The summed E-state index contributed by atoms with van der Waals surface area (Å²) < 4.78 is 0. The quantitative estimate of drug-likeness (QED) is 0.819. The predicted molar refractivity (Wildman–Crippen MR) is 71.1 cm³/mol. The molecule has 0 saturated carbocycles. The minimum Gasteiger partial charge on any atom is -0.352 e. The Balaban J connectivity index is 2.64. The Morgan fingerprint density at radius 2 is 1.71 bits per heavy atom. The Morgan fingerprint density at radius 1 is 1.12 bits per heavy atom. The van der Waals surface area contributed by atoms with Gasteiger partial charge in [-0.1, -0.05) is 26.0 Å². The van der Waals surface area contributed by atoms with Gasteiger partial charge in [-0.15, -0.1) is 0 Å². The minimum atomic E-state index is 0.00175. The number of carbonyl (C=O) groups is 1. The molecule has 3 heteroatoms. The monoisotopic (exact) mass is 234 g/mol. The van der Waals surface area contributed by atoms with E-state index in [-0.39, 0.29) is 5.91 Å². The van der Waals surface area contributed by atoms with Gasteiger partial charge < -0.3 is 5.32 Å². The molecule has 1 aromatic carbocycles. The highest BCUT2D eigenvalue weighted by Crippen LogP contribution is 2.07. The van der Waals surface area contributed by atoms with Crippen LogP contribution in [-0.2, 0) is 6.54 Å². The molecule has 1 rings (SSSR count). The zero-order valence-corrected chi connectivity index (χ0v) is 11.0. The van der Waals surface area contributed by atoms with Crippen LogP contribution in [0.3, 0.4) is 0 Å². The van der Waals surface area contributed by atoms with Gasteiger partial charge in [0.25, 0.3) is 5.91 Å². The first-order chi connectivity index (χ1) is 8.21. The Kier molecular flexibility index (Phi) is 5.70. The van der Waals surface area contributed by atoms with Crippen LogP contribution < -0.4 is 5.32 Å². The maximum Gasteiger partial charge on any atom is 0.251 e. The first kappa shape index (κ1) is 13.7. The molecule has 0 aliphatic heterocycles. The fourth-order valence-corrected chi connectivity index (χ4v) is 1.73. The molecule has 0 saturated heterocycles. The summed E-state index contributed by atoms with van der Waals surface area (Å²) in [5, 5.41) is 2.80. The Hall–Kier alpha value is -1.35. The molecule has 17 heavy (non-hydrogen) atoms. The van der Waals surface area contributed by atoms with Crippen molar-refractivity contribution in [2.75, 3.05) is 19.6 Å². The number of benzene rings is 1. The van der Waals surface area contributed by atoms with Gasteiger partial charge in [0.05, 0.1) is 0 Å². The SMILES string of the molecule is CCNC(=O)c1ccc(CN(CC)CC)cc1. The lowest BCUT2D eigenvalue weighted by molar-refractivity contribution is 0.0956. The van der Waals surface area contributed by atoms with Gasteiger partial charge in [-0.3, -0.25) is 9.69 Å². The third-order valence-electron chi connectivity index (χ3n) is 2.85. The van der Waals surface area contributed by atoms with Crippen LogP contribution in [0.4, 0.5) is 0 Å². The van der Waals surface area contributed by atoms with Gasteiger partial charge in [-0.2, -0.15) is 0 Å². The molecule has 3 nitrogen and oxygen atoms in total. The first-order valence-electron chi connectivity index (χ1n) is 6.30. The molecule has 0 spiro atoms. The Morgan fingerprint density at radius 3 is 2.18 bits per heavy atom. The molecular weight excluding hydrogens is 212 g/mol. The average Bonchev–Trinajstić information content (AvgIpc) is 2.37. The molecule has 0 heterocycles. The van der Waals surface area contributed by atoms with Gasteiger partial charge in [0.2, 0.25) is 0 Å². The molecule has 1 amide bonds. The van der Waals surface area contributed by atoms with E-state index in [0.29, 0.717) is 6.54 Å². The molecule has 0 radical (unpaired) electrons. The fourth-order valence-electron chi connectivity index (χ4n) is 1.73. The largest absolute Gasteiger partial charge is 0.352 e. The van der Waals surface area contributed by atoms with E-state index < -0.39 is 0 Å². The molecule has 0 aromatic heterocycles. The minimum absolute atomic E-state index is 0.00175. The first-order valence-corrected chi connectivity index (χ1v) is 6.30. The van der Waals surface area contributed by atoms with Crippen LogP contribution in [0.2, 0.25) is 0 Å². The van der Waals surface area contributed by atoms with Crippen LogP contribution in [0, 0.1) is 0 Å². The maximum atomic E-state index is 11.6. The third kappa shape index (κ3) is 4.19. The average molecular weight is 234 g/mol. The fraction of sp³-hybridized carbons (Fsp3) is 0.500. The van der Waals surface area contributed by atoms with Crippen molar-refractivity contribution in [3.8, 4) is 0 Å². The van der Waals surface area contributed by atoms with Gasteiger partial charge in [0, 0.05) is 18.7 Å². The molecule has 0 bridgehead atoms. The highest BCUT2D eigenvalue weighted by atomic mass is 16.1. The van der Waals surface area contributed by atoms with Gasteiger partial charge in [0.1, 0.15) is 0 Å². The molecule has 0 fully saturated rings. The van der Waals surface area contributed by atoms with Gasteiger partial charge in [0.15, 0.2) is 0 Å². The summed E-state index contributed by atoms with van der Waals surface area (Å²) in [5.41, 5.74) is 1.98. The number of nitrogens with one attached hydrogen (secondary N) is 1. The van der Waals surface area contributed by atoms with E-state index >= 15 is 0 Å². The molecule has 94 valence electrons. The van der Waals surface area contributed by atoms with Crippen LogP contribution in [0.1, 0.15) is 36.7 Å². The van der Waals surface area contributed by atoms with E-state index in [1.54, 1.807) is 0 Å². The van der Waals surface area contributed by atoms with Crippen molar-refractivity contribution in [3.63, 3.8) is 0 Å². The summed E-state index contributed by atoms with van der Waals surface area (Å²) in [6, 6.07) is 7.85. The van der Waals surface area contributed by atoms with E-state index in [2.05, 4.69) is 24.1 Å². The third-order valence-corrected chi connectivity index (χ3v) is 2.85. The van der Waals surface area contributed by atoms with E-state index in [9.17, 15) is 4.79 Å². The lowest BCUT2D eigenvalue weighted by atomic mass is 10.1. The summed E-state index contributed by atoms with van der Waals surface area (Å²) >= 11 is 0. The van der Waals surface area contributed by atoms with Crippen molar-refractivity contribution >= 4 is 5.91 Å². The normalized spacial score (nSPS) is 10.6. The molecular formula is C14H22N2O. The second kappa shape index (κ2) is 7.07. The van der Waals surface area contributed by atoms with E-state index in [1.165, 1.54) is 5.56 Å². The second-order valence-corrected chi connectivity index (χ2v) is 4.02. The van der Waals surface area contributed by atoms with Crippen LogP contribution in [-0.4, -0.2) is 30.4 Å². The highest BCUT2D eigenvalue weighted by molar-refractivity contribution is 5.94. The van der Waals surface area contributed by atoms with Crippen molar-refractivity contribution in [2.24, 2.45) is 0 Å². The zero-order chi connectivity index (χ0) is 12.7. The van der Waals surface area contributed by atoms with Crippen LogP contribution in [0.15, 0.2) is 24.3 Å². The maximum absolute atomic E-state index is 11.6. The van der Waals surface area contributed by atoms with Crippen LogP contribution in [0.25, 0.3) is 0 Å². The van der Waals surface area contributed by atoms with Crippen molar-refractivity contribution in [2.45, 2.75) is 27.3 Å². The summed E-state index contributed by atoms with van der Waals surface area (Å²) in [7, 11) is 0. The molecule has 0 unspecified atom stereocenters. The number of amides is 1. The summed E-state index contributed by atoms with van der Waals surface area (Å²) in [4.78, 5) is 13.9. The van der Waals surface area contributed by atoms with E-state index in [1.807, 2.05) is 31.2 Å². The summed E-state index contributed by atoms with van der Waals surface area (Å²) in [5.74, 6) is 0.00175. The standard InChI is InChI=1S/C14H22N2O/c1-4-15-14(17)13-9-7-12(8-10-13)11-16(5-2)6-3/h7-10H,4-6,11H2,1-3H3,(H,15,17). The van der Waals surface area contributed by atoms with Gasteiger partial charge >= 0.3 is 0 Å². The topological polar surface area (TPSA) is 32.3 Å². The number of nitrogens with zero attached hydrogens (tertiary/aromatic N) is 1. The van der Waals surface area contributed by atoms with Crippen molar-refractivity contribution < 1.29 is 4.79 Å². The van der Waals surface area contributed by atoms with E-state index in [4.69, 9.17) is 0 Å². The molecule has 0 aliphatic carbocycles. The van der Waals surface area contributed by atoms with Crippen LogP contribution >= 0.6 is 0 Å². The molecule has 0 atom stereocenters. The zero-order valence-electron chi connectivity index (χ0n) is 11.0. The lowest BCUT2D eigenvalue weighted by Crippen LogP contribution is -2.23. The number of rotatable bonds is 6. The number of hydrogen-bond acceptors (Lipinski definition) is 2. The predicted octanol–water partition coefficient (Wildman–Crippen LogP) is 2.28. The Labute approximate surface area is 104 Å². The van der Waals surface area contributed by atoms with Gasteiger partial charge in [-0.05, 0) is 37.7 Å². The molecule has 1 N–H and O–H groups in total. The van der Waals surface area contributed by atoms with Crippen molar-refractivity contribution in [1.29, 1.82) is 0 Å². The van der Waals surface area contributed by atoms with E-state index in [0.717, 1.165) is 25.2 Å². The second-order valence-electron chi connectivity index (χ2n) is 4.02. The van der Waals surface area contributed by atoms with Crippen molar-refractivity contribution in [3.05, 3.63) is 35.4 Å². The number of hydrogen-bond donors (Lipinski definition) is 1. The van der Waals surface area contributed by atoms with Gasteiger partial charge in [-0.25, -0.2) is 0 Å².